The van der Waals surface area contributed by atoms with Crippen molar-refractivity contribution in [1.82, 2.24) is 9.97 Å². The van der Waals surface area contributed by atoms with Crippen molar-refractivity contribution in [2.24, 2.45) is 0 Å². The lowest BCUT2D eigenvalue weighted by atomic mass is 10.4. The van der Waals surface area contributed by atoms with Gasteiger partial charge in [0.25, 0.3) is 0 Å². The molecule has 86 valence electrons. The summed E-state index contributed by atoms with van der Waals surface area (Å²) in [4.78, 5) is 10.1. The van der Waals surface area contributed by atoms with E-state index in [1.807, 2.05) is 7.05 Å². The Morgan fingerprint density at radius 3 is 2.31 bits per heavy atom. The summed E-state index contributed by atoms with van der Waals surface area (Å²) in [5.74, 6) is 1.35. The van der Waals surface area contributed by atoms with Crippen molar-refractivity contribution in [3.63, 3.8) is 0 Å². The van der Waals surface area contributed by atoms with Crippen LogP contribution in [0.4, 0.5) is 5.95 Å². The van der Waals surface area contributed by atoms with E-state index < -0.39 is 0 Å². The SMILES string of the molecule is COc1cc(OC)nc(N(C)CCC#N)n1. The number of nitrogens with zero attached hydrogens (tertiary/aromatic N) is 4. The molecule has 6 heteroatoms. The number of nitriles is 1. The zero-order valence-electron chi connectivity index (χ0n) is 9.60. The second-order valence-electron chi connectivity index (χ2n) is 3.08. The van der Waals surface area contributed by atoms with Gasteiger partial charge in [-0.05, 0) is 0 Å². The molecular weight excluding hydrogens is 208 g/mol. The lowest BCUT2D eigenvalue weighted by Crippen LogP contribution is -2.21. The topological polar surface area (TPSA) is 71.3 Å². The number of methoxy groups -OCH3 is 2. The maximum atomic E-state index is 8.50. The second-order valence-corrected chi connectivity index (χ2v) is 3.08. The standard InChI is InChI=1S/C10H14N4O2/c1-14(6-4-5-11)10-12-8(15-2)7-9(13-10)16-3/h7H,4,6H2,1-3H3. The maximum Gasteiger partial charge on any atom is 0.231 e. The normalized spacial score (nSPS) is 9.38. The molecule has 0 aliphatic carbocycles. The average Bonchev–Trinajstić information content (AvgIpc) is 2.35. The van der Waals surface area contributed by atoms with E-state index in [2.05, 4.69) is 16.0 Å². The van der Waals surface area contributed by atoms with Crippen molar-refractivity contribution in [3.05, 3.63) is 6.07 Å². The fourth-order valence-corrected chi connectivity index (χ4v) is 1.09. The van der Waals surface area contributed by atoms with Crippen LogP contribution in [0, 0.1) is 11.3 Å². The van der Waals surface area contributed by atoms with Crippen LogP contribution in [0.5, 0.6) is 11.8 Å². The molecule has 6 nitrogen and oxygen atoms in total. The fourth-order valence-electron chi connectivity index (χ4n) is 1.09. The number of aromatic nitrogens is 2. The first-order valence-corrected chi connectivity index (χ1v) is 4.76. The van der Waals surface area contributed by atoms with Gasteiger partial charge in [-0.15, -0.1) is 0 Å². The summed E-state index contributed by atoms with van der Waals surface area (Å²) in [7, 11) is 4.87. The fraction of sp³-hybridized carbons (Fsp3) is 0.500. The van der Waals surface area contributed by atoms with Crippen molar-refractivity contribution in [1.29, 1.82) is 5.26 Å². The van der Waals surface area contributed by atoms with Crippen molar-refractivity contribution in [2.45, 2.75) is 6.42 Å². The molecule has 0 aromatic carbocycles. The Morgan fingerprint density at radius 1 is 1.31 bits per heavy atom. The molecule has 0 atom stereocenters. The lowest BCUT2D eigenvalue weighted by Gasteiger charge is -2.16. The first-order chi connectivity index (χ1) is 7.71. The van der Waals surface area contributed by atoms with E-state index in [9.17, 15) is 0 Å². The van der Waals surface area contributed by atoms with Crippen LogP contribution in [0.1, 0.15) is 6.42 Å². The minimum Gasteiger partial charge on any atom is -0.481 e. The van der Waals surface area contributed by atoms with E-state index in [0.717, 1.165) is 0 Å². The van der Waals surface area contributed by atoms with E-state index in [0.29, 0.717) is 30.7 Å². The lowest BCUT2D eigenvalue weighted by molar-refractivity contribution is 0.372. The highest BCUT2D eigenvalue weighted by Crippen LogP contribution is 2.19. The molecule has 0 aliphatic heterocycles. The van der Waals surface area contributed by atoms with E-state index in [4.69, 9.17) is 14.7 Å². The summed E-state index contributed by atoms with van der Waals surface area (Å²) >= 11 is 0. The van der Waals surface area contributed by atoms with Gasteiger partial charge >= 0.3 is 0 Å². The number of ether oxygens (including phenoxy) is 2. The number of hydrogen-bond donors (Lipinski definition) is 0. The predicted octanol–water partition coefficient (Wildman–Crippen LogP) is 0.844. The number of hydrogen-bond acceptors (Lipinski definition) is 6. The Balaban J connectivity index is 2.90. The Labute approximate surface area is 94.4 Å². The van der Waals surface area contributed by atoms with Crippen LogP contribution >= 0.6 is 0 Å². The first-order valence-electron chi connectivity index (χ1n) is 4.76. The molecule has 1 aromatic rings. The molecule has 0 aliphatic rings. The van der Waals surface area contributed by atoms with Crippen molar-refractivity contribution < 1.29 is 9.47 Å². The van der Waals surface area contributed by atoms with Crippen LogP contribution in [0.3, 0.4) is 0 Å². The zero-order valence-corrected chi connectivity index (χ0v) is 9.60. The van der Waals surface area contributed by atoms with Gasteiger partial charge in [0.15, 0.2) is 0 Å². The van der Waals surface area contributed by atoms with Gasteiger partial charge in [-0.1, -0.05) is 0 Å². The minimum absolute atomic E-state index is 0.416. The summed E-state index contributed by atoms with van der Waals surface area (Å²) in [6.45, 7) is 0.562. The Kier molecular flexibility index (Phi) is 4.33. The maximum absolute atomic E-state index is 8.50. The van der Waals surface area contributed by atoms with Gasteiger partial charge in [0.2, 0.25) is 17.7 Å². The number of anilines is 1. The summed E-state index contributed by atoms with van der Waals surface area (Å²) < 4.78 is 10.1. The van der Waals surface area contributed by atoms with Crippen LogP contribution in [-0.2, 0) is 0 Å². The number of rotatable bonds is 5. The monoisotopic (exact) mass is 222 g/mol. The third kappa shape index (κ3) is 2.98. The third-order valence-corrected chi connectivity index (χ3v) is 1.99. The molecule has 0 bridgehead atoms. The molecule has 16 heavy (non-hydrogen) atoms. The molecule has 0 saturated heterocycles. The van der Waals surface area contributed by atoms with Gasteiger partial charge in [0.05, 0.1) is 32.8 Å². The Morgan fingerprint density at radius 2 is 1.88 bits per heavy atom. The van der Waals surface area contributed by atoms with Gasteiger partial charge in [-0.25, -0.2) is 0 Å². The largest absolute Gasteiger partial charge is 0.481 e. The van der Waals surface area contributed by atoms with Crippen LogP contribution in [0.2, 0.25) is 0 Å². The molecule has 1 rings (SSSR count). The third-order valence-electron chi connectivity index (χ3n) is 1.99. The van der Waals surface area contributed by atoms with Crippen LogP contribution in [0.25, 0.3) is 0 Å². The second kappa shape index (κ2) is 5.75. The molecule has 1 heterocycles. The molecule has 1 aromatic heterocycles. The van der Waals surface area contributed by atoms with E-state index in [1.165, 1.54) is 14.2 Å². The summed E-state index contributed by atoms with van der Waals surface area (Å²) in [5, 5.41) is 8.50. The molecule has 0 unspecified atom stereocenters. The Hall–Kier alpha value is -2.03. The first kappa shape index (κ1) is 12.0. The van der Waals surface area contributed by atoms with E-state index >= 15 is 0 Å². The smallest absolute Gasteiger partial charge is 0.231 e. The highest BCUT2D eigenvalue weighted by Gasteiger charge is 2.09. The summed E-state index contributed by atoms with van der Waals surface area (Å²) in [5.41, 5.74) is 0. The summed E-state index contributed by atoms with van der Waals surface area (Å²) in [6, 6.07) is 3.66. The molecule has 0 fully saturated rings. The quantitative estimate of drug-likeness (QED) is 0.735. The van der Waals surface area contributed by atoms with Gasteiger partial charge in [0.1, 0.15) is 0 Å². The van der Waals surface area contributed by atoms with Crippen molar-refractivity contribution in [2.75, 3.05) is 32.7 Å². The summed E-state index contributed by atoms with van der Waals surface area (Å²) in [6.07, 6.45) is 0.416. The van der Waals surface area contributed by atoms with Crippen molar-refractivity contribution in [3.8, 4) is 17.8 Å². The van der Waals surface area contributed by atoms with Gasteiger partial charge in [-0.3, -0.25) is 0 Å². The van der Waals surface area contributed by atoms with Crippen LogP contribution in [0.15, 0.2) is 6.07 Å². The molecular formula is C10H14N4O2. The van der Waals surface area contributed by atoms with Crippen molar-refractivity contribution >= 4 is 5.95 Å². The highest BCUT2D eigenvalue weighted by molar-refractivity contribution is 5.35. The van der Waals surface area contributed by atoms with Crippen LogP contribution in [-0.4, -0.2) is 37.8 Å². The van der Waals surface area contributed by atoms with Gasteiger partial charge in [-0.2, -0.15) is 15.2 Å². The zero-order chi connectivity index (χ0) is 12.0. The minimum atomic E-state index is 0.416. The Bertz CT molecular complexity index is 367. The molecule has 0 amide bonds. The average molecular weight is 222 g/mol. The van der Waals surface area contributed by atoms with E-state index in [-0.39, 0.29) is 0 Å². The molecule has 0 spiro atoms. The molecule has 0 saturated carbocycles. The molecule has 0 N–H and O–H groups in total. The van der Waals surface area contributed by atoms with Gasteiger partial charge < -0.3 is 14.4 Å². The predicted molar refractivity (Wildman–Crippen MR) is 58.6 cm³/mol. The van der Waals surface area contributed by atoms with E-state index in [1.54, 1.807) is 11.0 Å². The van der Waals surface area contributed by atoms with Gasteiger partial charge in [0, 0.05) is 13.6 Å². The molecule has 0 radical (unpaired) electrons. The highest BCUT2D eigenvalue weighted by atomic mass is 16.5. The van der Waals surface area contributed by atoms with Crippen LogP contribution < -0.4 is 14.4 Å².